The lowest BCUT2D eigenvalue weighted by atomic mass is 9.80. The summed E-state index contributed by atoms with van der Waals surface area (Å²) in [5.74, 6) is 0.971. The molecule has 28 heavy (non-hydrogen) atoms. The van der Waals surface area contributed by atoms with Crippen molar-refractivity contribution in [3.05, 3.63) is 53.5 Å². The first-order chi connectivity index (χ1) is 13.6. The first-order valence-corrected chi connectivity index (χ1v) is 10.1. The number of hydrogen-bond acceptors (Lipinski definition) is 4. The largest absolute Gasteiger partial charge is 0.355 e. The van der Waals surface area contributed by atoms with Crippen LogP contribution in [-0.2, 0) is 4.79 Å². The summed E-state index contributed by atoms with van der Waals surface area (Å²) in [5, 5.41) is 10.6. The van der Waals surface area contributed by atoms with Crippen molar-refractivity contribution < 1.29 is 4.79 Å². The maximum absolute atomic E-state index is 12.5. The average Bonchev–Trinajstić information content (AvgIpc) is 3.16. The van der Waals surface area contributed by atoms with Gasteiger partial charge >= 0.3 is 0 Å². The zero-order valence-corrected chi connectivity index (χ0v) is 16.5. The molecule has 2 heterocycles. The second-order valence-electron chi connectivity index (χ2n) is 7.96. The molecule has 1 atom stereocenters. The fourth-order valence-electron chi connectivity index (χ4n) is 4.11. The second-order valence-corrected chi connectivity index (χ2v) is 7.96. The first kappa shape index (κ1) is 18.6. The van der Waals surface area contributed by atoms with Gasteiger partial charge in [-0.15, -0.1) is 0 Å². The van der Waals surface area contributed by atoms with Gasteiger partial charge in [0, 0.05) is 24.9 Å². The Morgan fingerprint density at radius 1 is 1.14 bits per heavy atom. The molecule has 6 heteroatoms. The summed E-state index contributed by atoms with van der Waals surface area (Å²) in [6.45, 7) is 4.79. The van der Waals surface area contributed by atoms with Crippen molar-refractivity contribution in [2.75, 3.05) is 6.54 Å². The third-order valence-electron chi connectivity index (χ3n) is 6.01. The fourth-order valence-corrected chi connectivity index (χ4v) is 4.11. The zero-order chi connectivity index (χ0) is 19.5. The van der Waals surface area contributed by atoms with Crippen LogP contribution in [0.2, 0.25) is 0 Å². The summed E-state index contributed by atoms with van der Waals surface area (Å²) >= 11 is 0. The van der Waals surface area contributed by atoms with Gasteiger partial charge in [0.05, 0.1) is 11.6 Å². The van der Waals surface area contributed by atoms with E-state index in [0.29, 0.717) is 17.5 Å². The van der Waals surface area contributed by atoms with Gasteiger partial charge in [0.25, 0.3) is 0 Å². The van der Waals surface area contributed by atoms with Crippen LogP contribution in [-0.4, -0.2) is 32.6 Å². The number of carbonyl (C=O) groups is 1. The minimum atomic E-state index is -0.119. The van der Waals surface area contributed by atoms with Crippen LogP contribution in [0.1, 0.15) is 61.3 Å². The second kappa shape index (κ2) is 8.09. The van der Waals surface area contributed by atoms with Crippen LogP contribution in [0.25, 0.3) is 11.2 Å². The van der Waals surface area contributed by atoms with E-state index in [0.717, 1.165) is 49.0 Å². The summed E-state index contributed by atoms with van der Waals surface area (Å²) < 4.78 is 0. The normalized spacial score (nSPS) is 20.8. The molecule has 0 saturated heterocycles. The number of benzene rings is 1. The Balaban J connectivity index is 1.28. The smallest absolute Gasteiger partial charge is 0.227 e. The Hall–Kier alpha value is -2.76. The number of aromatic nitrogens is 4. The van der Waals surface area contributed by atoms with Crippen molar-refractivity contribution >= 4 is 17.1 Å². The van der Waals surface area contributed by atoms with E-state index < -0.39 is 0 Å². The molecule has 1 unspecified atom stereocenters. The minimum Gasteiger partial charge on any atom is -0.355 e. The predicted octanol–water partition coefficient (Wildman–Crippen LogP) is 3.86. The van der Waals surface area contributed by atoms with E-state index in [2.05, 4.69) is 44.5 Å². The number of H-pyrrole nitrogens is 1. The number of amides is 1. The number of rotatable bonds is 5. The highest BCUT2D eigenvalue weighted by Crippen LogP contribution is 2.36. The van der Waals surface area contributed by atoms with E-state index in [4.69, 9.17) is 0 Å². The third kappa shape index (κ3) is 3.91. The van der Waals surface area contributed by atoms with Crippen molar-refractivity contribution in [3.63, 3.8) is 0 Å². The zero-order valence-electron chi connectivity index (χ0n) is 16.5. The molecule has 146 valence electrons. The van der Waals surface area contributed by atoms with Gasteiger partial charge in [0.15, 0.2) is 5.65 Å². The minimum absolute atomic E-state index is 0.112. The number of nitrogens with one attached hydrogen (secondary N) is 2. The summed E-state index contributed by atoms with van der Waals surface area (Å²) in [6, 6.07) is 8.21. The molecule has 6 nitrogen and oxygen atoms in total. The Bertz CT molecular complexity index is 941. The number of carbonyl (C=O) groups excluding carboxylic acids is 1. The number of fused-ring (bicyclic) bond motifs is 1. The van der Waals surface area contributed by atoms with Crippen LogP contribution < -0.4 is 5.32 Å². The fraction of sp³-hybridized carbons (Fsp3) is 0.455. The maximum Gasteiger partial charge on any atom is 0.227 e. The first-order valence-electron chi connectivity index (χ1n) is 10.1. The SMILES string of the molecule is Cc1ccc(C(C)C(=O)NCC2CCC(c3[nH]nc4nccnc34)CC2)cc1. The molecule has 0 spiro atoms. The lowest BCUT2D eigenvalue weighted by molar-refractivity contribution is -0.122. The number of hydrogen-bond donors (Lipinski definition) is 2. The molecule has 0 bridgehead atoms. The van der Waals surface area contributed by atoms with Crippen LogP contribution in [0.15, 0.2) is 36.7 Å². The maximum atomic E-state index is 12.5. The molecule has 1 saturated carbocycles. The lowest BCUT2D eigenvalue weighted by Crippen LogP contribution is -2.33. The van der Waals surface area contributed by atoms with Crippen LogP contribution in [0.4, 0.5) is 0 Å². The predicted molar refractivity (Wildman–Crippen MR) is 109 cm³/mol. The van der Waals surface area contributed by atoms with Crippen LogP contribution >= 0.6 is 0 Å². The standard InChI is InChI=1S/C22H27N5O/c1-14-3-7-17(8-4-14)15(2)22(28)25-13-16-5-9-18(10-6-16)19-20-21(27-26-19)24-12-11-23-20/h3-4,7-8,11-12,15-16,18H,5-6,9-10,13H2,1-2H3,(H,25,28)(H,24,26,27). The van der Waals surface area contributed by atoms with Gasteiger partial charge in [-0.3, -0.25) is 9.89 Å². The van der Waals surface area contributed by atoms with Crippen molar-refractivity contribution in [3.8, 4) is 0 Å². The molecule has 3 aromatic rings. The molecule has 0 aliphatic heterocycles. The Morgan fingerprint density at radius 3 is 2.61 bits per heavy atom. The number of aromatic amines is 1. The summed E-state index contributed by atoms with van der Waals surface area (Å²) in [5.41, 5.74) is 4.98. The summed E-state index contributed by atoms with van der Waals surface area (Å²) in [7, 11) is 0. The molecule has 1 aliphatic rings. The summed E-state index contributed by atoms with van der Waals surface area (Å²) in [6.07, 6.45) is 7.76. The number of nitrogens with zero attached hydrogens (tertiary/aromatic N) is 3. The van der Waals surface area contributed by atoms with E-state index >= 15 is 0 Å². The van der Waals surface area contributed by atoms with Gasteiger partial charge in [-0.25, -0.2) is 9.97 Å². The monoisotopic (exact) mass is 377 g/mol. The van der Waals surface area contributed by atoms with E-state index in [1.807, 2.05) is 19.1 Å². The Kier molecular flexibility index (Phi) is 5.37. The van der Waals surface area contributed by atoms with Gasteiger partial charge in [0.2, 0.25) is 5.91 Å². The van der Waals surface area contributed by atoms with Gasteiger partial charge in [0.1, 0.15) is 5.52 Å². The van der Waals surface area contributed by atoms with Crippen molar-refractivity contribution in [1.29, 1.82) is 0 Å². The molecule has 1 aliphatic carbocycles. The van der Waals surface area contributed by atoms with Crippen molar-refractivity contribution in [2.45, 2.75) is 51.4 Å². The topological polar surface area (TPSA) is 83.6 Å². The van der Waals surface area contributed by atoms with Gasteiger partial charge in [-0.05, 0) is 51.0 Å². The lowest BCUT2D eigenvalue weighted by Gasteiger charge is -2.28. The van der Waals surface area contributed by atoms with Crippen LogP contribution in [0.5, 0.6) is 0 Å². The highest BCUT2D eigenvalue weighted by molar-refractivity contribution is 5.83. The van der Waals surface area contributed by atoms with E-state index in [1.165, 1.54) is 5.56 Å². The highest BCUT2D eigenvalue weighted by atomic mass is 16.1. The van der Waals surface area contributed by atoms with Crippen molar-refractivity contribution in [2.24, 2.45) is 5.92 Å². The van der Waals surface area contributed by atoms with E-state index in [1.54, 1.807) is 12.4 Å². The third-order valence-corrected chi connectivity index (χ3v) is 6.01. The molecule has 1 amide bonds. The molecule has 4 rings (SSSR count). The molecule has 0 radical (unpaired) electrons. The van der Waals surface area contributed by atoms with Crippen LogP contribution in [0.3, 0.4) is 0 Å². The van der Waals surface area contributed by atoms with Gasteiger partial charge in [-0.2, -0.15) is 5.10 Å². The highest BCUT2D eigenvalue weighted by Gasteiger charge is 2.26. The molecule has 2 N–H and O–H groups in total. The quantitative estimate of drug-likeness (QED) is 0.707. The van der Waals surface area contributed by atoms with E-state index in [-0.39, 0.29) is 11.8 Å². The average molecular weight is 377 g/mol. The van der Waals surface area contributed by atoms with E-state index in [9.17, 15) is 4.79 Å². The molecular formula is C22H27N5O. The Morgan fingerprint density at radius 2 is 1.86 bits per heavy atom. The number of aryl methyl sites for hydroxylation is 1. The molecular weight excluding hydrogens is 350 g/mol. The van der Waals surface area contributed by atoms with Gasteiger partial charge in [-0.1, -0.05) is 29.8 Å². The molecule has 1 aromatic carbocycles. The molecule has 2 aromatic heterocycles. The summed E-state index contributed by atoms with van der Waals surface area (Å²) in [4.78, 5) is 21.2. The van der Waals surface area contributed by atoms with Crippen molar-refractivity contribution in [1.82, 2.24) is 25.5 Å². The van der Waals surface area contributed by atoms with Gasteiger partial charge < -0.3 is 5.32 Å². The Labute approximate surface area is 165 Å². The van der Waals surface area contributed by atoms with Crippen LogP contribution in [0, 0.1) is 12.8 Å². The molecule has 1 fully saturated rings.